The number of quaternary nitrogens is 1. The second-order valence-corrected chi connectivity index (χ2v) is 20.9. The number of carboxylic acids is 1. The molecule has 0 aromatic rings. The highest BCUT2D eigenvalue weighted by atomic mass is 33.1. The molecule has 370 valence electrons. The van der Waals surface area contributed by atoms with Crippen LogP contribution in [0.3, 0.4) is 0 Å². The zero-order valence-corrected chi connectivity index (χ0v) is 39.3. The molecular weight excluding hydrogens is 913 g/mol. The molecule has 21 heteroatoms. The van der Waals surface area contributed by atoms with E-state index in [4.69, 9.17) is 29.4 Å². The highest BCUT2D eigenvalue weighted by Gasteiger charge is 2.58. The summed E-state index contributed by atoms with van der Waals surface area (Å²) in [5.41, 5.74) is 8.19. The van der Waals surface area contributed by atoms with E-state index in [0.717, 1.165) is 31.3 Å². The number of nitrogens with two attached hydrogens (primary N) is 1. The van der Waals surface area contributed by atoms with Crippen LogP contribution in [0.2, 0.25) is 0 Å². The first-order valence-electron chi connectivity index (χ1n) is 23.1. The van der Waals surface area contributed by atoms with Crippen LogP contribution in [0.25, 0.3) is 0 Å². The van der Waals surface area contributed by atoms with Crippen molar-refractivity contribution >= 4 is 39.5 Å². The highest BCUT2D eigenvalue weighted by Crippen LogP contribution is 2.46. The maximum Gasteiger partial charge on any atom is 0.343 e. The van der Waals surface area contributed by atoms with E-state index in [-0.39, 0.29) is 79.2 Å². The zero-order chi connectivity index (χ0) is 48.0. The van der Waals surface area contributed by atoms with Gasteiger partial charge in [-0.05, 0) is 70.8 Å². The van der Waals surface area contributed by atoms with Gasteiger partial charge in [0.15, 0.2) is 18.4 Å². The lowest BCUT2D eigenvalue weighted by Crippen LogP contribution is -3.14. The van der Waals surface area contributed by atoms with E-state index >= 15 is 0 Å². The number of ether oxygens (including phenoxy) is 5. The van der Waals surface area contributed by atoms with Gasteiger partial charge in [0, 0.05) is 54.9 Å². The van der Waals surface area contributed by atoms with Crippen molar-refractivity contribution in [2.45, 2.75) is 125 Å². The maximum absolute atomic E-state index is 14.9. The number of hydrogen-bond donors (Lipinski definition) is 11. The average molecular weight is 978 g/mol. The van der Waals surface area contributed by atoms with Gasteiger partial charge in [-0.1, -0.05) is 45.1 Å². The summed E-state index contributed by atoms with van der Waals surface area (Å²) in [5, 5.41) is 88.1. The van der Waals surface area contributed by atoms with Gasteiger partial charge in [-0.2, -0.15) is 0 Å². The summed E-state index contributed by atoms with van der Waals surface area (Å²) < 4.78 is 31.3. The van der Waals surface area contributed by atoms with Crippen LogP contribution in [0, 0.1) is 35.5 Å². The van der Waals surface area contributed by atoms with Crippen molar-refractivity contribution in [2.24, 2.45) is 34.4 Å². The van der Waals surface area contributed by atoms with Gasteiger partial charge in [-0.25, -0.2) is 9.59 Å². The van der Waals surface area contributed by atoms with Crippen LogP contribution in [0.15, 0.2) is 63.2 Å². The number of carboxylic acid groups (broad SMARTS) is 1. The number of aliphatic carboxylic acids is 1. The van der Waals surface area contributed by atoms with E-state index in [1.54, 1.807) is 26.1 Å². The molecule has 13 atom stereocenters. The first-order valence-corrected chi connectivity index (χ1v) is 25.5. The fourth-order valence-electron chi connectivity index (χ4n) is 9.99. The number of nitrogens with one attached hydrogen (secondary N) is 2. The summed E-state index contributed by atoms with van der Waals surface area (Å²) in [6, 6.07) is -0.527. The lowest BCUT2D eigenvalue weighted by Gasteiger charge is -2.48. The Morgan fingerprint density at radius 1 is 1.13 bits per heavy atom. The molecule has 0 spiro atoms. The van der Waals surface area contributed by atoms with Crippen LogP contribution in [-0.4, -0.2) is 164 Å². The SMILES string of the molecule is CC(C)O[C@H]1[C@H](O[C@@H]2OC=C3C(=O)O[C@@H]4CC[C@@H](CO)[C@@H]4CSS[C@H]4CC#C/C(=C\C5=C(NC(N)=NCCCO)C(C(=O)O)=C[NH+](C5)[C@H]4CO)[C@H]3[C@H]2C=C2CCCC2)O[C@H](CO)[C@@H](O)C1(O)O. The molecule has 5 aliphatic heterocycles. The van der Waals surface area contributed by atoms with E-state index < -0.39 is 85.3 Å². The van der Waals surface area contributed by atoms with Gasteiger partial charge in [0.1, 0.15) is 42.7 Å². The molecule has 3 fully saturated rings. The molecule has 2 aliphatic carbocycles. The number of aliphatic hydroxyl groups is 7. The lowest BCUT2D eigenvalue weighted by atomic mass is 9.76. The molecule has 0 aromatic carbocycles. The van der Waals surface area contributed by atoms with Crippen molar-refractivity contribution in [3.8, 4) is 11.8 Å². The molecule has 19 nitrogen and oxygen atoms in total. The summed E-state index contributed by atoms with van der Waals surface area (Å²) in [6.45, 7) is 2.26. The van der Waals surface area contributed by atoms with Crippen LogP contribution in [0.1, 0.15) is 65.2 Å². The normalized spacial score (nSPS) is 36.3. The summed E-state index contributed by atoms with van der Waals surface area (Å²) in [4.78, 5) is 33.1. The molecule has 0 radical (unpaired) electrons. The largest absolute Gasteiger partial charge is 0.477 e. The Morgan fingerprint density at radius 3 is 2.60 bits per heavy atom. The van der Waals surface area contributed by atoms with E-state index in [0.29, 0.717) is 41.1 Å². The van der Waals surface area contributed by atoms with Gasteiger partial charge in [0.05, 0.1) is 48.0 Å². The van der Waals surface area contributed by atoms with Crippen LogP contribution < -0.4 is 16.0 Å². The minimum Gasteiger partial charge on any atom is -0.477 e. The molecule has 7 rings (SSSR count). The first kappa shape index (κ1) is 51.4. The maximum atomic E-state index is 14.9. The molecule has 12 N–H and O–H groups in total. The summed E-state index contributed by atoms with van der Waals surface area (Å²) in [6.07, 6.45) is 2.04. The molecule has 0 aromatic heterocycles. The quantitative estimate of drug-likeness (QED) is 0.0159. The number of fused-ring (bicyclic) bond motifs is 8. The Kier molecular flexibility index (Phi) is 17.6. The Hall–Kier alpha value is -3.47. The van der Waals surface area contributed by atoms with E-state index in [2.05, 4.69) is 22.2 Å². The smallest absolute Gasteiger partial charge is 0.343 e. The fraction of sp³-hybridized carbons (Fsp3) is 0.674. The molecule has 1 saturated heterocycles. The number of carbonyl (C=O) groups excluding carboxylic acids is 1. The molecule has 4 bridgehead atoms. The number of aliphatic imine (C=N–C) groups is 1. The molecule has 2 saturated carbocycles. The standard InChI is InChI=1S/C46H64N4O15S2/c1-24(2)62-40-44(64-35(21-54)39(55)46(40,59)60)65-43-29(15-25-7-3-4-8-25)37-26-9-5-10-36(67-66-23-32-27(19-52)11-12-34(32)63-42(58)31(37)22-61-43)33(20-53)50-17-28(16-26)38(30(18-50)41(56)57)49-45(47)48-13-6-14-51/h15-16,18,22,24,27,29,32-37,39-40,43-44,51-55,59-60H,3-4,6-8,10-14,17,19-21,23H2,1-2H3,(H,56,57)(H3,47,48,49)/p+1/b26-16+/t27-,29+,32-,33-,34+,35+,36-,37-,39+,40-,43-,44-/m0/s1. The third kappa shape index (κ3) is 11.6. The van der Waals surface area contributed by atoms with E-state index in [1.807, 2.05) is 6.08 Å². The molecule has 0 amide bonds. The van der Waals surface area contributed by atoms with Gasteiger partial charge in [-0.15, -0.1) is 0 Å². The highest BCUT2D eigenvalue weighted by molar-refractivity contribution is 8.77. The van der Waals surface area contributed by atoms with Gasteiger partial charge in [0.2, 0.25) is 12.1 Å². The number of rotatable bonds is 13. The average Bonchev–Trinajstić information content (AvgIpc) is 3.96. The molecule has 67 heavy (non-hydrogen) atoms. The van der Waals surface area contributed by atoms with Gasteiger partial charge in [-0.3, -0.25) is 9.89 Å². The third-order valence-corrected chi connectivity index (χ3v) is 16.4. The number of nitrogens with zero attached hydrogens (tertiary/aromatic N) is 1. The van der Waals surface area contributed by atoms with Crippen molar-refractivity contribution in [1.29, 1.82) is 0 Å². The van der Waals surface area contributed by atoms with Gasteiger partial charge < -0.3 is 75.6 Å². The second-order valence-electron chi connectivity index (χ2n) is 18.3. The summed E-state index contributed by atoms with van der Waals surface area (Å²) in [7, 11) is 3.05. The van der Waals surface area contributed by atoms with Crippen molar-refractivity contribution in [3.63, 3.8) is 0 Å². The minimum absolute atomic E-state index is 0.0726. The monoisotopic (exact) mass is 977 g/mol. The number of esters is 1. The van der Waals surface area contributed by atoms with E-state index in [9.17, 15) is 50.4 Å². The zero-order valence-electron chi connectivity index (χ0n) is 37.7. The van der Waals surface area contributed by atoms with Crippen molar-refractivity contribution in [3.05, 3.63) is 58.2 Å². The number of hydrogen-bond acceptors (Lipinski definition) is 17. The van der Waals surface area contributed by atoms with Crippen molar-refractivity contribution in [2.75, 3.05) is 45.3 Å². The van der Waals surface area contributed by atoms with Crippen LogP contribution in [0.4, 0.5) is 0 Å². The topological polar surface area (TPSA) is 297 Å². The molecule has 5 heterocycles. The van der Waals surface area contributed by atoms with Gasteiger partial charge >= 0.3 is 11.9 Å². The third-order valence-electron chi connectivity index (χ3n) is 13.5. The minimum atomic E-state index is -2.96. The number of allylic oxidation sites excluding steroid dienone is 2. The van der Waals surface area contributed by atoms with Crippen LogP contribution >= 0.6 is 21.6 Å². The molecular formula is C46H65N4O15S2+. The van der Waals surface area contributed by atoms with E-state index in [1.165, 1.54) is 27.8 Å². The number of aliphatic hydroxyl groups excluding tert-OH is 5. The predicted molar refractivity (Wildman–Crippen MR) is 245 cm³/mol. The van der Waals surface area contributed by atoms with Gasteiger partial charge in [0.25, 0.3) is 0 Å². The number of carbonyl (C=O) groups is 2. The lowest BCUT2D eigenvalue weighted by molar-refractivity contribution is -0.870. The van der Waals surface area contributed by atoms with Crippen molar-refractivity contribution < 1.29 is 79.0 Å². The summed E-state index contributed by atoms with van der Waals surface area (Å²) >= 11 is 0. The fourth-order valence-corrected chi connectivity index (χ4v) is 13.3. The second kappa shape index (κ2) is 23.0. The summed E-state index contributed by atoms with van der Waals surface area (Å²) in [5.74, 6) is -0.110. The molecule has 7 aliphatic rings. The van der Waals surface area contributed by atoms with Crippen LogP contribution in [0.5, 0.6) is 0 Å². The first-order chi connectivity index (χ1) is 32.2. The molecule has 1 unspecified atom stereocenters. The Balaban J connectivity index is 1.45. The van der Waals surface area contributed by atoms with Crippen molar-refractivity contribution in [1.82, 2.24) is 5.32 Å². The van der Waals surface area contributed by atoms with Crippen LogP contribution in [-0.2, 0) is 33.3 Å². The Morgan fingerprint density at radius 2 is 1.91 bits per heavy atom. The predicted octanol–water partition coefficient (Wildman–Crippen LogP) is -0.675. The number of guanidine groups is 1. The Labute approximate surface area is 397 Å². The Bertz CT molecular complexity index is 2060.